The van der Waals surface area contributed by atoms with Gasteiger partial charge in [-0.05, 0) is 111 Å². The van der Waals surface area contributed by atoms with E-state index in [1.54, 1.807) is 52.0 Å². The number of ether oxygens (including phenoxy) is 2. The number of hydrogen-bond acceptors (Lipinski definition) is 9. The first-order valence-electron chi connectivity index (χ1n) is 16.6. The summed E-state index contributed by atoms with van der Waals surface area (Å²) in [4.78, 5) is 54.1. The SMILES string of the molecule is CC(COC(C)(C)CO)SN1C(=O)c2ccc3c4ccc(C=O)c5c(C(=O)NC(C)(C)COC(C)(C)CO)ccc(c6ccc(c2c36)C1=O)c54. The van der Waals surface area contributed by atoms with Crippen molar-refractivity contribution in [1.82, 2.24) is 9.62 Å². The van der Waals surface area contributed by atoms with Crippen LogP contribution in [0.5, 0.6) is 0 Å². The molecule has 1 aliphatic rings. The van der Waals surface area contributed by atoms with Gasteiger partial charge in [-0.1, -0.05) is 30.3 Å². The Morgan fingerprint density at radius 2 is 1.28 bits per heavy atom. The van der Waals surface area contributed by atoms with Gasteiger partial charge in [0.15, 0.2) is 6.29 Å². The van der Waals surface area contributed by atoms with Gasteiger partial charge in [-0.25, -0.2) is 4.31 Å². The molecule has 50 heavy (non-hydrogen) atoms. The Hall–Kier alpha value is -4.13. The van der Waals surface area contributed by atoms with Crippen LogP contribution in [0.1, 0.15) is 89.9 Å². The molecule has 5 aromatic carbocycles. The number of carbonyl (C=O) groups is 4. The summed E-state index contributed by atoms with van der Waals surface area (Å²) in [7, 11) is 0. The molecule has 5 aromatic rings. The van der Waals surface area contributed by atoms with Crippen LogP contribution in [0.2, 0.25) is 0 Å². The lowest BCUT2D eigenvalue weighted by Crippen LogP contribution is -2.49. The molecular weight excluding hydrogens is 657 g/mol. The van der Waals surface area contributed by atoms with Crippen molar-refractivity contribution in [2.75, 3.05) is 26.4 Å². The number of aliphatic hydroxyl groups is 2. The molecule has 0 aromatic heterocycles. The second-order valence-corrected chi connectivity index (χ2v) is 16.3. The Balaban J connectivity index is 1.45. The second kappa shape index (κ2) is 12.9. The maximum Gasteiger partial charge on any atom is 0.271 e. The second-order valence-electron chi connectivity index (χ2n) is 14.9. The molecule has 0 saturated heterocycles. The average molecular weight is 699 g/mol. The molecule has 0 radical (unpaired) electrons. The summed E-state index contributed by atoms with van der Waals surface area (Å²) in [6.07, 6.45) is 0.744. The molecule has 262 valence electrons. The number of benzene rings is 5. The zero-order chi connectivity index (χ0) is 36.3. The number of aldehydes is 1. The topological polar surface area (TPSA) is 142 Å². The maximum absolute atomic E-state index is 13.9. The summed E-state index contributed by atoms with van der Waals surface area (Å²) < 4.78 is 12.9. The van der Waals surface area contributed by atoms with E-state index in [0.29, 0.717) is 33.0 Å². The lowest BCUT2D eigenvalue weighted by molar-refractivity contribution is -0.0710. The van der Waals surface area contributed by atoms with Crippen LogP contribution in [-0.2, 0) is 9.47 Å². The Labute approximate surface area is 294 Å². The fraction of sp³-hybridized carbons (Fsp3) is 0.385. The molecule has 0 fully saturated rings. The van der Waals surface area contributed by atoms with E-state index in [9.17, 15) is 29.4 Å². The molecule has 10 nitrogen and oxygen atoms in total. The monoisotopic (exact) mass is 698 g/mol. The molecule has 3 amide bonds. The number of imide groups is 1. The van der Waals surface area contributed by atoms with Crippen LogP contribution in [0.15, 0.2) is 48.5 Å². The third-order valence-electron chi connectivity index (χ3n) is 9.17. The van der Waals surface area contributed by atoms with E-state index in [4.69, 9.17) is 9.47 Å². The molecule has 0 saturated carbocycles. The third-order valence-corrected chi connectivity index (χ3v) is 10.2. The van der Waals surface area contributed by atoms with Gasteiger partial charge in [-0.15, -0.1) is 0 Å². The third kappa shape index (κ3) is 6.22. The highest BCUT2D eigenvalue weighted by Gasteiger charge is 2.36. The van der Waals surface area contributed by atoms with E-state index in [0.717, 1.165) is 50.6 Å². The van der Waals surface area contributed by atoms with E-state index in [-0.39, 0.29) is 37.6 Å². The summed E-state index contributed by atoms with van der Waals surface area (Å²) in [5.74, 6) is -1.22. The molecule has 1 heterocycles. The summed E-state index contributed by atoms with van der Waals surface area (Å²) in [5.41, 5.74) is -0.817. The van der Waals surface area contributed by atoms with Crippen molar-refractivity contribution in [3.8, 4) is 0 Å². The van der Waals surface area contributed by atoms with Crippen LogP contribution < -0.4 is 5.32 Å². The lowest BCUT2D eigenvalue weighted by atomic mass is 9.83. The first-order valence-corrected chi connectivity index (χ1v) is 17.4. The number of hydrogen-bond donors (Lipinski definition) is 3. The highest BCUT2D eigenvalue weighted by Crippen LogP contribution is 2.46. The summed E-state index contributed by atoms with van der Waals surface area (Å²) in [6.45, 7) is 12.6. The first-order chi connectivity index (χ1) is 23.5. The predicted molar refractivity (Wildman–Crippen MR) is 196 cm³/mol. The van der Waals surface area contributed by atoms with Crippen LogP contribution in [-0.4, -0.2) is 86.9 Å². The quantitative estimate of drug-likeness (QED) is 0.0427. The van der Waals surface area contributed by atoms with Gasteiger partial charge in [0.25, 0.3) is 17.7 Å². The fourth-order valence-corrected chi connectivity index (χ4v) is 7.27. The fourth-order valence-electron chi connectivity index (χ4n) is 6.40. The van der Waals surface area contributed by atoms with E-state index >= 15 is 0 Å². The lowest BCUT2D eigenvalue weighted by Gasteiger charge is -2.32. The Morgan fingerprint density at radius 1 is 0.780 bits per heavy atom. The van der Waals surface area contributed by atoms with Crippen molar-refractivity contribution in [1.29, 1.82) is 0 Å². The van der Waals surface area contributed by atoms with Gasteiger partial charge in [0.1, 0.15) is 0 Å². The van der Waals surface area contributed by atoms with Gasteiger partial charge in [-0.3, -0.25) is 19.2 Å². The predicted octanol–water partition coefficient (Wildman–Crippen LogP) is 6.27. The minimum Gasteiger partial charge on any atom is -0.393 e. The number of nitrogens with one attached hydrogen (secondary N) is 1. The van der Waals surface area contributed by atoms with E-state index in [2.05, 4.69) is 5.32 Å². The summed E-state index contributed by atoms with van der Waals surface area (Å²) in [6, 6.07) is 14.3. The number of amides is 3. The first kappa shape index (κ1) is 35.7. The van der Waals surface area contributed by atoms with Crippen LogP contribution in [0.3, 0.4) is 0 Å². The van der Waals surface area contributed by atoms with Crippen LogP contribution in [0.4, 0.5) is 0 Å². The van der Waals surface area contributed by atoms with Gasteiger partial charge >= 0.3 is 0 Å². The molecule has 11 heteroatoms. The van der Waals surface area contributed by atoms with Crippen LogP contribution in [0.25, 0.3) is 43.1 Å². The van der Waals surface area contributed by atoms with Crippen LogP contribution in [0, 0.1) is 0 Å². The zero-order valence-corrected chi connectivity index (χ0v) is 30.1. The molecule has 0 aliphatic carbocycles. The molecule has 3 N–H and O–H groups in total. The Kier molecular flexibility index (Phi) is 9.20. The maximum atomic E-state index is 13.9. The number of carbonyl (C=O) groups excluding carboxylic acids is 4. The van der Waals surface area contributed by atoms with Gasteiger partial charge in [-0.2, -0.15) is 0 Å². The van der Waals surface area contributed by atoms with E-state index in [1.165, 1.54) is 4.31 Å². The van der Waals surface area contributed by atoms with Crippen molar-refractivity contribution in [2.45, 2.75) is 70.5 Å². The number of fused-ring (bicyclic) bond motifs is 2. The smallest absolute Gasteiger partial charge is 0.271 e. The normalized spacial score (nSPS) is 14.8. The highest BCUT2D eigenvalue weighted by molar-refractivity contribution is 7.98. The Morgan fingerprint density at radius 3 is 1.82 bits per heavy atom. The van der Waals surface area contributed by atoms with E-state index < -0.39 is 28.6 Å². The standard InChI is InChI=1S/C39H42N2O8S/c1-21(17-48-38(4,5)18-43)50-41-35(46)28-14-11-25-23-9-8-22(16-42)30-27(34(45)40-37(2,3)20-49-39(6,7)19-44)13-10-24(31(23)30)26-12-15-29(36(41)47)33(28)32(25)26/h8-16,21,43-44H,17-20H2,1-7H3,(H,40,45). The highest BCUT2D eigenvalue weighted by atomic mass is 32.2. The molecule has 6 rings (SSSR count). The van der Waals surface area contributed by atoms with Crippen molar-refractivity contribution >= 4 is 79.0 Å². The number of rotatable bonds is 13. The number of nitrogens with zero attached hydrogens (tertiary/aromatic N) is 1. The zero-order valence-electron chi connectivity index (χ0n) is 29.3. The average Bonchev–Trinajstić information content (AvgIpc) is 3.09. The molecule has 0 bridgehead atoms. The van der Waals surface area contributed by atoms with Gasteiger partial charge in [0.05, 0.1) is 43.2 Å². The largest absolute Gasteiger partial charge is 0.393 e. The molecule has 0 spiro atoms. The molecule has 1 atom stereocenters. The van der Waals surface area contributed by atoms with Crippen LogP contribution >= 0.6 is 11.9 Å². The number of aliphatic hydroxyl groups excluding tert-OH is 2. The van der Waals surface area contributed by atoms with Gasteiger partial charge in [0.2, 0.25) is 0 Å². The Bertz CT molecular complexity index is 2120. The minimum atomic E-state index is -0.796. The van der Waals surface area contributed by atoms with Crippen molar-refractivity contribution in [3.05, 3.63) is 70.8 Å². The van der Waals surface area contributed by atoms with Crippen molar-refractivity contribution in [2.24, 2.45) is 0 Å². The summed E-state index contributed by atoms with van der Waals surface area (Å²) in [5, 5.41) is 27.7. The van der Waals surface area contributed by atoms with Gasteiger partial charge < -0.3 is 25.0 Å². The summed E-state index contributed by atoms with van der Waals surface area (Å²) >= 11 is 1.10. The minimum absolute atomic E-state index is 0.149. The van der Waals surface area contributed by atoms with E-state index in [1.807, 2.05) is 45.0 Å². The molecular formula is C39H42N2O8S. The molecule has 1 aliphatic heterocycles. The molecule has 1 unspecified atom stereocenters. The van der Waals surface area contributed by atoms with Crippen molar-refractivity contribution in [3.63, 3.8) is 0 Å². The van der Waals surface area contributed by atoms with Crippen molar-refractivity contribution < 1.29 is 38.9 Å². The van der Waals surface area contributed by atoms with Gasteiger partial charge in [0, 0.05) is 38.3 Å².